The minimum absolute atomic E-state index is 0.0719. The number of carboxylic acids is 2. The molecule has 2 atom stereocenters. The molecular weight excluding hydrogens is 436 g/mol. The van der Waals surface area contributed by atoms with E-state index in [0.29, 0.717) is 0 Å². The largest absolute Gasteiger partial charge is 0.480 e. The molecule has 0 spiro atoms. The molecule has 2 aromatic heterocycles. The summed E-state index contributed by atoms with van der Waals surface area (Å²) in [5, 5.41) is 22.1. The van der Waals surface area contributed by atoms with Gasteiger partial charge in [-0.2, -0.15) is 4.98 Å². The summed E-state index contributed by atoms with van der Waals surface area (Å²) in [7, 11) is 0. The minimum Gasteiger partial charge on any atom is -0.480 e. The molecule has 0 aromatic carbocycles. The van der Waals surface area contributed by atoms with E-state index in [2.05, 4.69) is 25.6 Å². The van der Waals surface area contributed by atoms with E-state index in [1.54, 1.807) is 0 Å². The first-order valence-corrected chi connectivity index (χ1v) is 9.66. The SMILES string of the molecule is Nc1nc2ncn(SC[C@H](NC(=O)CC[C@H](N)C(=O)O)C(=O)NCC(=O)O)c2c(=O)[nH]1. The van der Waals surface area contributed by atoms with Gasteiger partial charge in [0.2, 0.25) is 17.8 Å². The van der Waals surface area contributed by atoms with Crippen LogP contribution in [0.15, 0.2) is 11.1 Å². The van der Waals surface area contributed by atoms with Gasteiger partial charge in [0, 0.05) is 12.2 Å². The van der Waals surface area contributed by atoms with E-state index < -0.39 is 47.9 Å². The number of nitrogens with two attached hydrogens (primary N) is 2. The van der Waals surface area contributed by atoms with Gasteiger partial charge < -0.3 is 32.3 Å². The Morgan fingerprint density at radius 3 is 2.65 bits per heavy atom. The molecule has 168 valence electrons. The van der Waals surface area contributed by atoms with Crippen LogP contribution >= 0.6 is 11.9 Å². The monoisotopic (exact) mass is 456 g/mol. The van der Waals surface area contributed by atoms with Crippen LogP contribution in [0.4, 0.5) is 5.95 Å². The quantitative estimate of drug-likeness (QED) is 0.179. The predicted molar refractivity (Wildman–Crippen MR) is 108 cm³/mol. The molecule has 0 bridgehead atoms. The average molecular weight is 456 g/mol. The summed E-state index contributed by atoms with van der Waals surface area (Å²) in [6.07, 6.45) is 0.848. The third kappa shape index (κ3) is 6.68. The highest BCUT2D eigenvalue weighted by Gasteiger charge is 2.23. The number of carbonyl (C=O) groups excluding carboxylic acids is 2. The third-order valence-corrected chi connectivity index (χ3v) is 4.88. The third-order valence-electron chi connectivity index (χ3n) is 3.85. The Morgan fingerprint density at radius 1 is 1.29 bits per heavy atom. The predicted octanol–water partition coefficient (Wildman–Crippen LogP) is -2.92. The fraction of sp³-hybridized carbons (Fsp3) is 0.400. The van der Waals surface area contributed by atoms with Gasteiger partial charge in [-0.3, -0.25) is 32.9 Å². The highest BCUT2D eigenvalue weighted by atomic mass is 32.2. The highest BCUT2D eigenvalue weighted by Crippen LogP contribution is 2.15. The van der Waals surface area contributed by atoms with Crippen molar-refractivity contribution in [1.29, 1.82) is 0 Å². The lowest BCUT2D eigenvalue weighted by Gasteiger charge is -2.18. The molecule has 15 nitrogen and oxygen atoms in total. The molecule has 2 rings (SSSR count). The van der Waals surface area contributed by atoms with Crippen LogP contribution < -0.4 is 27.7 Å². The van der Waals surface area contributed by atoms with Crippen LogP contribution in [0.25, 0.3) is 11.2 Å². The maximum absolute atomic E-state index is 12.3. The number of nitrogens with one attached hydrogen (secondary N) is 3. The van der Waals surface area contributed by atoms with Crippen molar-refractivity contribution < 1.29 is 29.4 Å². The Kier molecular flexibility index (Phi) is 7.92. The van der Waals surface area contributed by atoms with E-state index in [1.165, 1.54) is 10.3 Å². The number of fused-ring (bicyclic) bond motifs is 1. The van der Waals surface area contributed by atoms with Crippen LogP contribution in [-0.2, 0) is 19.2 Å². The fourth-order valence-electron chi connectivity index (χ4n) is 2.32. The zero-order valence-electron chi connectivity index (χ0n) is 15.9. The molecule has 2 aromatic rings. The minimum atomic E-state index is -1.28. The number of H-pyrrole nitrogens is 1. The number of rotatable bonds is 11. The van der Waals surface area contributed by atoms with Gasteiger partial charge in [0.15, 0.2) is 11.2 Å². The van der Waals surface area contributed by atoms with Gasteiger partial charge in [-0.25, -0.2) is 4.98 Å². The van der Waals surface area contributed by atoms with Crippen LogP contribution in [0.5, 0.6) is 0 Å². The smallest absolute Gasteiger partial charge is 0.322 e. The molecule has 0 radical (unpaired) electrons. The number of carboxylic acid groups (broad SMARTS) is 2. The second kappa shape index (κ2) is 10.4. The number of nitrogens with zero attached hydrogens (tertiary/aromatic N) is 3. The number of anilines is 1. The number of aromatic nitrogens is 4. The first-order chi connectivity index (χ1) is 14.6. The molecule has 2 heterocycles. The van der Waals surface area contributed by atoms with Crippen molar-refractivity contribution in [2.75, 3.05) is 18.0 Å². The molecule has 0 saturated heterocycles. The second-order valence-electron chi connectivity index (χ2n) is 6.20. The number of hydrogen-bond donors (Lipinski definition) is 7. The van der Waals surface area contributed by atoms with E-state index in [0.717, 1.165) is 11.9 Å². The fourth-order valence-corrected chi connectivity index (χ4v) is 3.28. The van der Waals surface area contributed by atoms with Crippen molar-refractivity contribution in [3.05, 3.63) is 16.7 Å². The van der Waals surface area contributed by atoms with E-state index in [4.69, 9.17) is 21.7 Å². The van der Waals surface area contributed by atoms with E-state index in [-0.39, 0.29) is 35.7 Å². The highest BCUT2D eigenvalue weighted by molar-refractivity contribution is 7.98. The van der Waals surface area contributed by atoms with Gasteiger partial charge in [-0.15, -0.1) is 0 Å². The molecule has 0 aliphatic heterocycles. The summed E-state index contributed by atoms with van der Waals surface area (Å²) < 4.78 is 1.32. The zero-order valence-corrected chi connectivity index (χ0v) is 16.7. The molecule has 0 aliphatic carbocycles. The summed E-state index contributed by atoms with van der Waals surface area (Å²) >= 11 is 0.930. The lowest BCUT2D eigenvalue weighted by molar-refractivity contribution is -0.139. The Labute approximate surface area is 177 Å². The van der Waals surface area contributed by atoms with Gasteiger partial charge in [0.25, 0.3) is 5.56 Å². The number of amides is 2. The first-order valence-electron chi connectivity index (χ1n) is 8.72. The molecule has 0 saturated carbocycles. The molecule has 0 aliphatic rings. The number of hydrogen-bond acceptors (Lipinski definition) is 10. The van der Waals surface area contributed by atoms with Crippen molar-refractivity contribution in [3.63, 3.8) is 0 Å². The van der Waals surface area contributed by atoms with E-state index >= 15 is 0 Å². The van der Waals surface area contributed by atoms with Gasteiger partial charge >= 0.3 is 11.9 Å². The average Bonchev–Trinajstić information content (AvgIpc) is 3.10. The Balaban J connectivity index is 2.10. The van der Waals surface area contributed by atoms with Crippen molar-refractivity contribution in [1.82, 2.24) is 29.6 Å². The Hall–Kier alpha value is -3.66. The van der Waals surface area contributed by atoms with Crippen LogP contribution in [-0.4, -0.2) is 77.3 Å². The normalized spacial score (nSPS) is 12.8. The van der Waals surface area contributed by atoms with Crippen molar-refractivity contribution >= 4 is 52.8 Å². The van der Waals surface area contributed by atoms with Gasteiger partial charge in [-0.1, -0.05) is 0 Å². The maximum Gasteiger partial charge on any atom is 0.322 e. The second-order valence-corrected chi connectivity index (χ2v) is 7.19. The summed E-state index contributed by atoms with van der Waals surface area (Å²) in [5.41, 5.74) is 10.4. The lowest BCUT2D eigenvalue weighted by Crippen LogP contribution is -2.49. The molecule has 2 amide bonds. The molecular formula is C15H20N8O7S. The maximum atomic E-state index is 12.3. The van der Waals surface area contributed by atoms with E-state index in [1.807, 2.05) is 0 Å². The topological polar surface area (TPSA) is 248 Å². The van der Waals surface area contributed by atoms with Gasteiger partial charge in [0.1, 0.15) is 25.0 Å². The van der Waals surface area contributed by atoms with Gasteiger partial charge in [-0.05, 0) is 18.4 Å². The number of imidazole rings is 1. The van der Waals surface area contributed by atoms with Crippen LogP contribution in [0.3, 0.4) is 0 Å². The van der Waals surface area contributed by atoms with Crippen molar-refractivity contribution in [2.45, 2.75) is 24.9 Å². The number of nitrogen functional groups attached to an aromatic ring is 1. The summed E-state index contributed by atoms with van der Waals surface area (Å²) in [6.45, 7) is -0.670. The summed E-state index contributed by atoms with van der Waals surface area (Å²) in [4.78, 5) is 68.1. The van der Waals surface area contributed by atoms with Crippen molar-refractivity contribution in [3.8, 4) is 0 Å². The van der Waals surface area contributed by atoms with Crippen LogP contribution in [0.1, 0.15) is 12.8 Å². The lowest BCUT2D eigenvalue weighted by atomic mass is 10.1. The molecule has 9 N–H and O–H groups in total. The number of aromatic amines is 1. The van der Waals surface area contributed by atoms with Crippen molar-refractivity contribution in [2.24, 2.45) is 5.73 Å². The van der Waals surface area contributed by atoms with Gasteiger partial charge in [0.05, 0.1) is 0 Å². The molecule has 16 heteroatoms. The summed E-state index contributed by atoms with van der Waals surface area (Å²) in [5.74, 6) is -4.23. The molecule has 0 fully saturated rings. The molecule has 0 unspecified atom stereocenters. The number of carbonyl (C=O) groups is 4. The summed E-state index contributed by atoms with van der Waals surface area (Å²) in [6, 6.07) is -2.44. The zero-order chi connectivity index (χ0) is 23.1. The molecule has 31 heavy (non-hydrogen) atoms. The van der Waals surface area contributed by atoms with Crippen LogP contribution in [0.2, 0.25) is 0 Å². The van der Waals surface area contributed by atoms with E-state index in [9.17, 15) is 24.0 Å². The first kappa shape index (κ1) is 23.6. The Morgan fingerprint density at radius 2 is 2.00 bits per heavy atom. The Bertz CT molecular complexity index is 1050. The van der Waals surface area contributed by atoms with Crippen LogP contribution in [0, 0.1) is 0 Å². The number of aliphatic carboxylic acids is 2. The standard InChI is InChI=1S/C15H20N8O7S/c16-6(14(29)30)1-2-8(24)20-7(12(27)18-3-9(25)26)4-31-23-5-19-11-10(23)13(28)22-15(17)21-11/h5-7H,1-4,16H2,(H,18,27)(H,20,24)(H,25,26)(H,29,30)(H3,17,21,22,28)/t6-,7-/m0/s1.